The van der Waals surface area contributed by atoms with Crippen LogP contribution in [0.5, 0.6) is 0 Å². The fourth-order valence-electron chi connectivity index (χ4n) is 0. The summed E-state index contributed by atoms with van der Waals surface area (Å²) in [6.45, 7) is 162. The van der Waals surface area contributed by atoms with E-state index in [9.17, 15) is 0 Å². The van der Waals surface area contributed by atoms with Crippen LogP contribution in [0.3, 0.4) is 0 Å². The zero-order chi connectivity index (χ0) is 67.2. The van der Waals surface area contributed by atoms with E-state index < -0.39 is 0 Å². The lowest BCUT2D eigenvalue weighted by Crippen LogP contribution is -1.15. The molecular weight excluding hydrogens is 869 g/mol. The van der Waals surface area contributed by atoms with Crippen LogP contribution in [0, 0.1) is 0 Å². The maximum Gasteiger partial charge on any atom is 0.116 e. The highest BCUT2D eigenvalue weighted by Crippen LogP contribution is 1.30. The summed E-state index contributed by atoms with van der Waals surface area (Å²) in [4.78, 5) is 33.1. The lowest BCUT2D eigenvalue weighted by Gasteiger charge is -1.21. The molecule has 0 aliphatic rings. The van der Waals surface area contributed by atoms with Crippen molar-refractivity contribution in [2.45, 2.75) is 0 Å². The Morgan fingerprint density at radius 3 is 0.155 bits per heavy atom. The van der Waals surface area contributed by atoms with E-state index in [4.69, 9.17) is 19.2 Å². The third-order valence-corrected chi connectivity index (χ3v) is 0.125. The van der Waals surface area contributed by atoms with E-state index in [0.717, 1.165) is 0 Å². The molecule has 0 saturated heterocycles. The average Bonchev–Trinajstić information content (AvgIpc) is 3.46. The van der Waals surface area contributed by atoms with Crippen LogP contribution in [0.2, 0.25) is 0 Å². The number of carbonyl (C=O) groups is 2. The highest BCUT2D eigenvalue weighted by Gasteiger charge is 1.08. The van der Waals surface area contributed by atoms with Crippen LogP contribution in [0.4, 0.5) is 0 Å². The Hall–Kier alpha value is -10.7. The molecule has 0 saturated carbocycles. The molecule has 0 N–H and O–H groups in total. The Kier molecular flexibility index (Phi) is 114000. The van der Waals surface area contributed by atoms with Crippen molar-refractivity contribution in [3.05, 3.63) is 405 Å². The molecule has 0 fully saturated rings. The molecule has 400 valence electrons. The Morgan fingerprint density at radius 1 is 0.141 bits per heavy atom. The van der Waals surface area contributed by atoms with Crippen LogP contribution < -0.4 is 0 Å². The molecule has 0 spiro atoms. The molecule has 4 heteroatoms. The largest absolute Gasteiger partial charge is 0.307 e. The van der Waals surface area contributed by atoms with Gasteiger partial charge in [-0.2, -0.15) is 0 Å². The van der Waals surface area contributed by atoms with Gasteiger partial charge in [0.25, 0.3) is 0 Å². The first kappa shape index (κ1) is 216. The lowest BCUT2D eigenvalue weighted by atomic mass is 10.9. The monoisotopic (exact) mass is 977 g/mol. The van der Waals surface area contributed by atoms with Gasteiger partial charge >= 0.3 is 0 Å². The van der Waals surface area contributed by atoms with Crippen molar-refractivity contribution in [3.8, 4) is 0 Å². The van der Waals surface area contributed by atoms with Crippen molar-refractivity contribution in [1.29, 1.82) is 0 Å². The predicted molar refractivity (Wildman–Crippen MR) is 357 cm³/mol. The summed E-state index contributed by atoms with van der Waals surface area (Å²) in [5.41, 5.74) is 24.9. The number of rotatable bonds is 0. The van der Waals surface area contributed by atoms with Gasteiger partial charge in [0.2, 0.25) is 0 Å². The van der Waals surface area contributed by atoms with Gasteiger partial charge in [-0.25, -0.2) is 9.59 Å². The summed E-state index contributed by atoms with van der Waals surface area (Å²) in [5.74, 6) is 2.50. The molecule has 0 unspecified atom stereocenters. The molecule has 0 aromatic carbocycles. The molecule has 0 radical (unpaired) electrons. The summed E-state index contributed by atoms with van der Waals surface area (Å²) in [7, 11) is 0. The van der Waals surface area contributed by atoms with Gasteiger partial charge in [-0.3, -0.25) is 0 Å². The van der Waals surface area contributed by atoms with Gasteiger partial charge in [0.15, 0.2) is 0 Å². The second-order valence-corrected chi connectivity index (χ2v) is 2.89. The Morgan fingerprint density at radius 2 is 0.155 bits per heavy atom. The Balaban J connectivity index is -0.00000000956. The second kappa shape index (κ2) is 37500. The van der Waals surface area contributed by atoms with E-state index in [-0.39, 0.29) is 0 Å². The zero-order valence-corrected chi connectivity index (χ0v) is 46.3. The summed E-state index contributed by atoms with van der Waals surface area (Å²) in [6, 6.07) is 0. The van der Waals surface area contributed by atoms with Crippen molar-refractivity contribution < 1.29 is 19.2 Å². The van der Waals surface area contributed by atoms with Gasteiger partial charge in [-0.1, -0.05) is 130 Å². The van der Waals surface area contributed by atoms with Gasteiger partial charge in [0.05, 0.1) is 0 Å². The normalized spacial score (nSPS) is 2.37. The summed E-state index contributed by atoms with van der Waals surface area (Å²) in [5, 5.41) is 0. The zero-order valence-electron chi connectivity index (χ0n) is 46.3. The van der Waals surface area contributed by atoms with Crippen LogP contribution in [0.1, 0.15) is 0 Å². The van der Waals surface area contributed by atoms with E-state index in [1.54, 1.807) is 0 Å². The maximum absolute atomic E-state index is 8.57. The minimum atomic E-state index is 1.25. The topological polar surface area (TPSA) is 68.3 Å². The highest BCUT2D eigenvalue weighted by atomic mass is 16.1. The van der Waals surface area contributed by atoms with Crippen LogP contribution >= 0.6 is 0 Å². The fourth-order valence-corrected chi connectivity index (χ4v) is 0. The van der Waals surface area contributed by atoms with Gasteiger partial charge in [-0.15, -0.1) is 249 Å². The molecule has 0 rings (SSSR count). The van der Waals surface area contributed by atoms with Crippen molar-refractivity contribution >= 4 is 25.5 Å². The second-order valence-electron chi connectivity index (χ2n) is 2.89. The average molecular weight is 978 g/mol. The van der Waals surface area contributed by atoms with Crippen LogP contribution in [-0.4, -0.2) is 25.5 Å². The minimum Gasteiger partial charge on any atom is -0.307 e. The molecule has 0 heterocycles. The fraction of sp³-hybridized carbons (Fsp3) is 0. The SMILES string of the molecule is C=C.C=C.C=C.C=C.C=C.C=C.C=C.C=C.C=C.C=C.C=C.C=C.C=C.C=C.C=C.C=C=C.C=C=C.C=C=C.C=C=C.C=C=C.C=C=C.C=C=C.C=C=C.C=C=C.C=C=C=C.C=C=O.C=C=O.C=O.C=O. The Labute approximate surface area is 447 Å². The molecule has 4 nitrogen and oxygen atoms in total. The van der Waals surface area contributed by atoms with Crippen LogP contribution in [-0.2, 0) is 19.2 Å². The van der Waals surface area contributed by atoms with Gasteiger partial charge in [0, 0.05) is 0 Å². The van der Waals surface area contributed by atoms with E-state index in [1.165, 1.54) is 11.9 Å². The molecule has 0 bridgehead atoms. The number of hydrogen-bond donors (Lipinski definition) is 0. The quantitative estimate of drug-likeness (QED) is 0.138. The van der Waals surface area contributed by atoms with Crippen molar-refractivity contribution in [3.63, 3.8) is 0 Å². The van der Waals surface area contributed by atoms with Crippen LogP contribution in [0.15, 0.2) is 405 Å². The van der Waals surface area contributed by atoms with E-state index in [0.29, 0.717) is 0 Å². The molecular formula is C67H108O4. The molecule has 0 aromatic heterocycles. The highest BCUT2D eigenvalue weighted by molar-refractivity contribution is 5.38. The van der Waals surface area contributed by atoms with E-state index in [1.807, 2.05) is 13.6 Å². The van der Waals surface area contributed by atoms with E-state index in [2.05, 4.69) is 405 Å². The van der Waals surface area contributed by atoms with Crippen LogP contribution in [0.25, 0.3) is 0 Å². The number of hydrogen-bond acceptors (Lipinski definition) is 4. The molecule has 0 amide bonds. The van der Waals surface area contributed by atoms with E-state index >= 15 is 0 Å². The first-order valence-electron chi connectivity index (χ1n) is 16.5. The van der Waals surface area contributed by atoms with Gasteiger partial charge in [-0.05, 0) is 26.3 Å². The van der Waals surface area contributed by atoms with Gasteiger partial charge < -0.3 is 9.59 Å². The molecule has 71 heavy (non-hydrogen) atoms. The van der Waals surface area contributed by atoms with Crippen molar-refractivity contribution in [2.75, 3.05) is 0 Å². The predicted octanol–water partition coefficient (Wildman–Crippen LogP) is 21.4. The number of carbonyl (C=O) groups excluding carboxylic acids is 4. The lowest BCUT2D eigenvalue weighted by molar-refractivity contribution is -0.0987. The molecule has 0 aromatic rings. The third-order valence-electron chi connectivity index (χ3n) is 0.125. The summed E-state index contributed by atoms with van der Waals surface area (Å²) >= 11 is 0. The van der Waals surface area contributed by atoms with Gasteiger partial charge in [0.1, 0.15) is 25.5 Å². The van der Waals surface area contributed by atoms with Crippen molar-refractivity contribution in [2.24, 2.45) is 0 Å². The summed E-state index contributed by atoms with van der Waals surface area (Å²) < 4.78 is 0. The minimum absolute atomic E-state index is 1.25. The smallest absolute Gasteiger partial charge is 0.116 e. The molecule has 0 atom stereocenters. The Bertz CT molecular complexity index is 821. The third kappa shape index (κ3) is 2080. The molecule has 0 aliphatic carbocycles. The first-order valence-corrected chi connectivity index (χ1v) is 16.5. The maximum atomic E-state index is 8.57. The summed E-state index contributed by atoms with van der Waals surface area (Å²) in [6.07, 6.45) is 0. The first-order chi connectivity index (χ1) is 34.5. The molecule has 0 aliphatic heterocycles. The standard InChI is InChI=1S/C4H4.9C3H4.2C2H2O.15C2H4.2CH2O/c1-3-4-2;9*1-3-2;2*1-2-3;17*1-2/h1-2H2;9*1-2H2;2*1H2;15*1-2H2;2*1H2. The van der Waals surface area contributed by atoms with Crippen molar-refractivity contribution in [1.82, 2.24) is 0 Å².